The van der Waals surface area contributed by atoms with E-state index in [-0.39, 0.29) is 5.91 Å². The number of nitriles is 1. The van der Waals surface area contributed by atoms with E-state index < -0.39 is 0 Å². The summed E-state index contributed by atoms with van der Waals surface area (Å²) in [6, 6.07) is 10.5. The van der Waals surface area contributed by atoms with Crippen LogP contribution in [0.15, 0.2) is 24.3 Å². The molecule has 5 heteroatoms. The van der Waals surface area contributed by atoms with Gasteiger partial charge in [-0.15, -0.1) is 0 Å². The van der Waals surface area contributed by atoms with Crippen LogP contribution in [0.25, 0.3) is 0 Å². The van der Waals surface area contributed by atoms with Gasteiger partial charge in [0, 0.05) is 37.3 Å². The first-order valence-corrected chi connectivity index (χ1v) is 9.44. The largest absolute Gasteiger partial charge is 0.326 e. The summed E-state index contributed by atoms with van der Waals surface area (Å²) in [6.07, 6.45) is 5.50. The fourth-order valence-corrected chi connectivity index (χ4v) is 3.91. The van der Waals surface area contributed by atoms with Crippen molar-refractivity contribution < 1.29 is 4.79 Å². The van der Waals surface area contributed by atoms with Crippen molar-refractivity contribution in [2.24, 2.45) is 0 Å². The lowest BCUT2D eigenvalue weighted by atomic mass is 9.97. The summed E-state index contributed by atoms with van der Waals surface area (Å²) in [7, 11) is 0. The first kappa shape index (κ1) is 17.9. The van der Waals surface area contributed by atoms with Gasteiger partial charge in [0.1, 0.15) is 0 Å². The Labute approximate surface area is 150 Å². The summed E-state index contributed by atoms with van der Waals surface area (Å²) in [6.45, 7) is 6.92. The number of carbonyl (C=O) groups excluding carboxylic acids is 1. The molecule has 0 aromatic heterocycles. The molecule has 134 valence electrons. The number of amides is 1. The van der Waals surface area contributed by atoms with Crippen LogP contribution >= 0.6 is 0 Å². The number of anilines is 1. The lowest BCUT2D eigenvalue weighted by Crippen LogP contribution is -2.62. The minimum atomic E-state index is 0.0476. The van der Waals surface area contributed by atoms with E-state index in [9.17, 15) is 4.79 Å². The number of hydrogen-bond donors (Lipinski definition) is 1. The van der Waals surface area contributed by atoms with Crippen LogP contribution in [0.2, 0.25) is 0 Å². The highest BCUT2D eigenvalue weighted by Gasteiger charge is 2.34. The topological polar surface area (TPSA) is 59.4 Å². The highest BCUT2D eigenvalue weighted by atomic mass is 16.1. The first-order valence-electron chi connectivity index (χ1n) is 9.44. The number of hydrogen-bond acceptors (Lipinski definition) is 4. The number of nitrogens with zero attached hydrogens (tertiary/aromatic N) is 3. The fourth-order valence-electron chi connectivity index (χ4n) is 3.91. The minimum absolute atomic E-state index is 0.0476. The van der Waals surface area contributed by atoms with Crippen molar-refractivity contribution in [1.82, 2.24) is 9.80 Å². The molecule has 25 heavy (non-hydrogen) atoms. The molecule has 0 aliphatic carbocycles. The van der Waals surface area contributed by atoms with Crippen LogP contribution in [0.4, 0.5) is 5.69 Å². The number of piperidine rings is 1. The van der Waals surface area contributed by atoms with Gasteiger partial charge >= 0.3 is 0 Å². The van der Waals surface area contributed by atoms with Crippen molar-refractivity contribution in [3.63, 3.8) is 0 Å². The number of benzene rings is 1. The molecule has 0 bridgehead atoms. The molecule has 0 saturated carbocycles. The number of likely N-dealkylation sites (tertiary alicyclic amines) is 2. The Hall–Kier alpha value is -1.90. The molecule has 2 saturated heterocycles. The van der Waals surface area contributed by atoms with Crippen LogP contribution in [0.1, 0.15) is 44.6 Å². The first-order chi connectivity index (χ1) is 12.2. The number of nitrogens with one attached hydrogen (secondary N) is 1. The standard InChI is InChI=1S/C20H28N4O/c1-16-5-2-3-12-24(16)19-14-23(15-19)11-4-6-20(25)22-18-9-7-17(13-21)8-10-18/h7-10,16,19H,2-6,11-12,14-15H2,1H3,(H,22,25). The molecule has 1 atom stereocenters. The Kier molecular flexibility index (Phi) is 6.06. The molecule has 2 aliphatic heterocycles. The predicted molar refractivity (Wildman–Crippen MR) is 99.3 cm³/mol. The molecule has 1 aromatic rings. The van der Waals surface area contributed by atoms with Crippen molar-refractivity contribution >= 4 is 11.6 Å². The molecule has 2 heterocycles. The Morgan fingerprint density at radius 3 is 2.72 bits per heavy atom. The third-order valence-electron chi connectivity index (χ3n) is 5.44. The van der Waals surface area contributed by atoms with Crippen molar-refractivity contribution in [3.05, 3.63) is 29.8 Å². The SMILES string of the molecule is CC1CCCCN1C1CN(CCCC(=O)Nc2ccc(C#N)cc2)C1. The smallest absolute Gasteiger partial charge is 0.224 e. The zero-order valence-electron chi connectivity index (χ0n) is 15.1. The van der Waals surface area contributed by atoms with Gasteiger partial charge in [0.05, 0.1) is 11.6 Å². The summed E-state index contributed by atoms with van der Waals surface area (Å²) in [5.74, 6) is 0.0476. The van der Waals surface area contributed by atoms with Gasteiger partial charge in [0.2, 0.25) is 5.91 Å². The van der Waals surface area contributed by atoms with Crippen LogP contribution in [0.5, 0.6) is 0 Å². The van der Waals surface area contributed by atoms with E-state index in [1.165, 1.54) is 25.8 Å². The van der Waals surface area contributed by atoms with Crippen LogP contribution in [-0.4, -0.2) is 54.0 Å². The van der Waals surface area contributed by atoms with E-state index in [1.54, 1.807) is 24.3 Å². The highest BCUT2D eigenvalue weighted by molar-refractivity contribution is 5.90. The quantitative estimate of drug-likeness (QED) is 0.865. The van der Waals surface area contributed by atoms with Crippen LogP contribution < -0.4 is 5.32 Å². The van der Waals surface area contributed by atoms with E-state index in [0.29, 0.717) is 12.0 Å². The Bertz CT molecular complexity index is 616. The average Bonchev–Trinajstić information content (AvgIpc) is 2.58. The van der Waals surface area contributed by atoms with E-state index in [1.807, 2.05) is 0 Å². The lowest BCUT2D eigenvalue weighted by Gasteiger charge is -2.49. The fraction of sp³-hybridized carbons (Fsp3) is 0.600. The maximum Gasteiger partial charge on any atom is 0.224 e. The molecule has 1 aromatic carbocycles. The van der Waals surface area contributed by atoms with Gasteiger partial charge in [0.15, 0.2) is 0 Å². The predicted octanol–water partition coefficient (Wildman–Crippen LogP) is 2.84. The molecule has 3 rings (SSSR count). The van der Waals surface area contributed by atoms with Gasteiger partial charge in [-0.25, -0.2) is 0 Å². The summed E-state index contributed by atoms with van der Waals surface area (Å²) >= 11 is 0. The van der Waals surface area contributed by atoms with E-state index in [2.05, 4.69) is 28.1 Å². The minimum Gasteiger partial charge on any atom is -0.326 e. The molecular weight excluding hydrogens is 312 g/mol. The van der Waals surface area contributed by atoms with Crippen molar-refractivity contribution in [3.8, 4) is 6.07 Å². The maximum atomic E-state index is 12.0. The zero-order valence-corrected chi connectivity index (χ0v) is 15.1. The summed E-state index contributed by atoms with van der Waals surface area (Å²) < 4.78 is 0. The molecule has 5 nitrogen and oxygen atoms in total. The molecule has 2 aliphatic rings. The highest BCUT2D eigenvalue weighted by Crippen LogP contribution is 2.24. The Balaban J connectivity index is 1.31. The molecule has 0 radical (unpaired) electrons. The summed E-state index contributed by atoms with van der Waals surface area (Å²) in [5.41, 5.74) is 1.36. The monoisotopic (exact) mass is 340 g/mol. The second kappa shape index (κ2) is 8.46. The summed E-state index contributed by atoms with van der Waals surface area (Å²) in [4.78, 5) is 17.1. The van der Waals surface area contributed by atoms with Gasteiger partial charge < -0.3 is 10.2 Å². The molecule has 0 spiro atoms. The number of carbonyl (C=O) groups is 1. The number of rotatable bonds is 6. The van der Waals surface area contributed by atoms with E-state index in [0.717, 1.165) is 43.8 Å². The normalized spacial score (nSPS) is 22.2. The average molecular weight is 340 g/mol. The molecule has 1 amide bonds. The molecular formula is C20H28N4O. The zero-order chi connectivity index (χ0) is 17.6. The van der Waals surface area contributed by atoms with E-state index >= 15 is 0 Å². The van der Waals surface area contributed by atoms with Gasteiger partial charge in [-0.05, 0) is 63.5 Å². The van der Waals surface area contributed by atoms with Crippen molar-refractivity contribution in [2.75, 3.05) is 31.5 Å². The maximum absolute atomic E-state index is 12.0. The Morgan fingerprint density at radius 1 is 1.28 bits per heavy atom. The lowest BCUT2D eigenvalue weighted by molar-refractivity contribution is -0.116. The van der Waals surface area contributed by atoms with Crippen LogP contribution in [0.3, 0.4) is 0 Å². The Morgan fingerprint density at radius 2 is 2.04 bits per heavy atom. The molecule has 1 N–H and O–H groups in total. The van der Waals surface area contributed by atoms with Gasteiger partial charge in [-0.2, -0.15) is 5.26 Å². The second-order valence-corrected chi connectivity index (χ2v) is 7.34. The second-order valence-electron chi connectivity index (χ2n) is 7.34. The van der Waals surface area contributed by atoms with Gasteiger partial charge in [-0.1, -0.05) is 6.42 Å². The van der Waals surface area contributed by atoms with Crippen molar-refractivity contribution in [1.29, 1.82) is 5.26 Å². The summed E-state index contributed by atoms with van der Waals surface area (Å²) in [5, 5.41) is 11.7. The van der Waals surface area contributed by atoms with Crippen molar-refractivity contribution in [2.45, 2.75) is 51.1 Å². The molecule has 1 unspecified atom stereocenters. The van der Waals surface area contributed by atoms with Crippen LogP contribution in [0, 0.1) is 11.3 Å². The third-order valence-corrected chi connectivity index (χ3v) is 5.44. The van der Waals surface area contributed by atoms with Crippen LogP contribution in [-0.2, 0) is 4.79 Å². The van der Waals surface area contributed by atoms with Gasteiger partial charge in [0.25, 0.3) is 0 Å². The van der Waals surface area contributed by atoms with Gasteiger partial charge in [-0.3, -0.25) is 9.69 Å². The third kappa shape index (κ3) is 4.81. The van der Waals surface area contributed by atoms with E-state index in [4.69, 9.17) is 5.26 Å². The molecule has 2 fully saturated rings.